The number of rotatable bonds is 7. The Bertz CT molecular complexity index is 1630. The Hall–Kier alpha value is -3.85. The minimum absolute atomic E-state index is 0.0554. The highest BCUT2D eigenvalue weighted by atomic mass is 32.2. The van der Waals surface area contributed by atoms with Gasteiger partial charge in [0.25, 0.3) is 5.91 Å². The lowest BCUT2D eigenvalue weighted by Crippen LogP contribution is -2.50. The molecule has 0 aromatic heterocycles. The molecule has 0 radical (unpaired) electrons. The van der Waals surface area contributed by atoms with Crippen LogP contribution in [0, 0.1) is 6.92 Å². The Morgan fingerprint density at radius 3 is 2.43 bits per heavy atom. The molecule has 2 aromatic carbocycles. The summed E-state index contributed by atoms with van der Waals surface area (Å²) in [6, 6.07) is 10.4. The standard InChI is InChI=1S/C31H37F3N4O7S/c1-20-16-23(43-25-10-13-37(18-25)28(40)45-29(2,3)4)9-8-22(20)19-46(41,42)38-14-11-30(12-15-38)27(39)35-26(36-30)21-6-5-7-24(17-21)44-31(32,33)34/h5-9,16-17,25H,10-15,18-19H2,1-4H3,(H,35,36,39). The maximum Gasteiger partial charge on any atom is 0.573 e. The number of carbonyl (C=O) groups excluding carboxylic acids is 2. The van der Waals surface area contributed by atoms with Gasteiger partial charge in [-0.25, -0.2) is 17.5 Å². The number of aliphatic imine (C=N–C) groups is 1. The van der Waals surface area contributed by atoms with Crippen molar-refractivity contribution in [3.63, 3.8) is 0 Å². The van der Waals surface area contributed by atoms with Gasteiger partial charge < -0.3 is 24.4 Å². The van der Waals surface area contributed by atoms with E-state index in [0.29, 0.717) is 30.8 Å². The van der Waals surface area contributed by atoms with E-state index in [4.69, 9.17) is 9.47 Å². The van der Waals surface area contributed by atoms with Crippen molar-refractivity contribution in [2.75, 3.05) is 26.2 Å². The van der Waals surface area contributed by atoms with Crippen LogP contribution < -0.4 is 14.8 Å². The summed E-state index contributed by atoms with van der Waals surface area (Å²) in [7, 11) is -3.75. The van der Waals surface area contributed by atoms with E-state index in [1.54, 1.807) is 30.0 Å². The number of likely N-dealkylation sites (tertiary alicyclic amines) is 1. The molecule has 2 amide bonds. The summed E-state index contributed by atoms with van der Waals surface area (Å²) in [5.74, 6) is -0.422. The minimum Gasteiger partial charge on any atom is -0.489 e. The van der Waals surface area contributed by atoms with Crippen molar-refractivity contribution in [2.24, 2.45) is 4.99 Å². The maximum absolute atomic E-state index is 13.4. The molecule has 0 bridgehead atoms. The lowest BCUT2D eigenvalue weighted by Gasteiger charge is -2.34. The van der Waals surface area contributed by atoms with Crippen LogP contribution in [0.25, 0.3) is 0 Å². The summed E-state index contributed by atoms with van der Waals surface area (Å²) < 4.78 is 81.6. The molecule has 2 saturated heterocycles. The monoisotopic (exact) mass is 666 g/mol. The van der Waals surface area contributed by atoms with Gasteiger partial charge in [0, 0.05) is 31.6 Å². The number of amidine groups is 1. The molecular weight excluding hydrogens is 629 g/mol. The predicted octanol–water partition coefficient (Wildman–Crippen LogP) is 4.52. The molecule has 2 fully saturated rings. The van der Waals surface area contributed by atoms with Crippen molar-refractivity contribution in [2.45, 2.75) is 76.3 Å². The van der Waals surface area contributed by atoms with E-state index in [0.717, 1.165) is 17.7 Å². The quantitative estimate of drug-likeness (QED) is 0.461. The largest absolute Gasteiger partial charge is 0.573 e. The molecular formula is C31H37F3N4O7S. The normalized spacial score (nSPS) is 20.4. The molecule has 15 heteroatoms. The maximum atomic E-state index is 13.4. The molecule has 0 saturated carbocycles. The first-order chi connectivity index (χ1) is 21.4. The topological polar surface area (TPSA) is 127 Å². The van der Waals surface area contributed by atoms with Gasteiger partial charge in [-0.15, -0.1) is 13.2 Å². The number of amides is 2. The molecule has 3 heterocycles. The fourth-order valence-corrected chi connectivity index (χ4v) is 7.31. The van der Waals surface area contributed by atoms with Crippen LogP contribution in [0.4, 0.5) is 18.0 Å². The van der Waals surface area contributed by atoms with Gasteiger partial charge in [0.2, 0.25) is 10.0 Å². The number of ether oxygens (including phenoxy) is 3. The summed E-state index contributed by atoms with van der Waals surface area (Å²) in [5.41, 5.74) is -0.211. The van der Waals surface area contributed by atoms with Crippen LogP contribution in [0.5, 0.6) is 11.5 Å². The Labute approximate surface area is 265 Å². The summed E-state index contributed by atoms with van der Waals surface area (Å²) >= 11 is 0. The molecule has 1 atom stereocenters. The fourth-order valence-electron chi connectivity index (χ4n) is 5.67. The van der Waals surface area contributed by atoms with Gasteiger partial charge in [0.15, 0.2) is 0 Å². The number of piperidine rings is 1. The second kappa shape index (κ2) is 12.4. The number of nitrogens with zero attached hydrogens (tertiary/aromatic N) is 3. The molecule has 1 unspecified atom stereocenters. The second-order valence-corrected chi connectivity index (χ2v) is 14.7. The summed E-state index contributed by atoms with van der Waals surface area (Å²) in [4.78, 5) is 31.4. The van der Waals surface area contributed by atoms with Crippen molar-refractivity contribution in [1.29, 1.82) is 0 Å². The van der Waals surface area contributed by atoms with Crippen molar-refractivity contribution in [3.8, 4) is 11.5 Å². The number of nitrogens with one attached hydrogen (secondary N) is 1. The number of aryl methyl sites for hydroxylation is 1. The average molecular weight is 667 g/mol. The van der Waals surface area contributed by atoms with E-state index in [-0.39, 0.29) is 55.3 Å². The summed E-state index contributed by atoms with van der Waals surface area (Å²) in [6.45, 7) is 8.26. The zero-order chi connectivity index (χ0) is 33.5. The third-order valence-corrected chi connectivity index (χ3v) is 9.84. The van der Waals surface area contributed by atoms with Gasteiger partial charge in [-0.2, -0.15) is 0 Å². The molecule has 3 aliphatic rings. The molecule has 11 nitrogen and oxygen atoms in total. The predicted molar refractivity (Wildman–Crippen MR) is 162 cm³/mol. The van der Waals surface area contributed by atoms with Crippen LogP contribution in [0.1, 0.15) is 56.7 Å². The number of hydrogen-bond donors (Lipinski definition) is 1. The summed E-state index contributed by atoms with van der Waals surface area (Å²) in [5, 5.41) is 2.64. The highest BCUT2D eigenvalue weighted by molar-refractivity contribution is 7.88. The molecule has 5 rings (SSSR count). The van der Waals surface area contributed by atoms with E-state index in [2.05, 4.69) is 15.0 Å². The van der Waals surface area contributed by atoms with Gasteiger partial charge in [0.1, 0.15) is 34.6 Å². The highest BCUT2D eigenvalue weighted by Crippen LogP contribution is 2.34. The average Bonchev–Trinajstić information content (AvgIpc) is 3.53. The van der Waals surface area contributed by atoms with E-state index < -0.39 is 39.2 Å². The lowest BCUT2D eigenvalue weighted by atomic mass is 9.89. The van der Waals surface area contributed by atoms with Gasteiger partial charge in [-0.3, -0.25) is 9.79 Å². The van der Waals surface area contributed by atoms with E-state index >= 15 is 0 Å². The van der Waals surface area contributed by atoms with Gasteiger partial charge >= 0.3 is 12.5 Å². The van der Waals surface area contributed by atoms with Gasteiger partial charge in [0.05, 0.1) is 12.3 Å². The highest BCUT2D eigenvalue weighted by Gasteiger charge is 2.47. The lowest BCUT2D eigenvalue weighted by molar-refractivity contribution is -0.274. The first-order valence-electron chi connectivity index (χ1n) is 14.9. The van der Waals surface area contributed by atoms with Crippen molar-refractivity contribution in [3.05, 3.63) is 59.2 Å². The van der Waals surface area contributed by atoms with Crippen LogP contribution >= 0.6 is 0 Å². The first-order valence-corrected chi connectivity index (χ1v) is 16.5. The third-order valence-electron chi connectivity index (χ3n) is 8.02. The smallest absolute Gasteiger partial charge is 0.489 e. The fraction of sp³-hybridized carbons (Fsp3) is 0.516. The number of halogens is 3. The second-order valence-electron chi connectivity index (χ2n) is 12.7. The number of alkyl halides is 3. The van der Waals surface area contributed by atoms with Crippen LogP contribution in [0.2, 0.25) is 0 Å². The van der Waals surface area contributed by atoms with Crippen LogP contribution in [0.3, 0.4) is 0 Å². The Kier molecular flexibility index (Phi) is 9.03. The zero-order valence-electron chi connectivity index (χ0n) is 26.0. The SMILES string of the molecule is Cc1cc(OC2CCN(C(=O)OC(C)(C)C)C2)ccc1CS(=O)(=O)N1CCC2(CC1)N=C(c1cccc(OC(F)(F)F)c1)NC2=O. The van der Waals surface area contributed by atoms with Gasteiger partial charge in [-0.1, -0.05) is 18.2 Å². The first kappa shape index (κ1) is 33.5. The molecule has 1 N–H and O–H groups in total. The van der Waals surface area contributed by atoms with Crippen molar-refractivity contribution in [1.82, 2.24) is 14.5 Å². The Morgan fingerprint density at radius 2 is 1.78 bits per heavy atom. The van der Waals surface area contributed by atoms with Crippen molar-refractivity contribution >= 4 is 27.9 Å². The van der Waals surface area contributed by atoms with Crippen LogP contribution in [0.15, 0.2) is 47.5 Å². The molecule has 3 aliphatic heterocycles. The molecule has 0 aliphatic carbocycles. The third kappa shape index (κ3) is 7.92. The molecule has 1 spiro atoms. The Balaban J connectivity index is 1.18. The molecule has 2 aromatic rings. The number of hydrogen-bond acceptors (Lipinski definition) is 8. The Morgan fingerprint density at radius 1 is 1.07 bits per heavy atom. The van der Waals surface area contributed by atoms with E-state index in [1.807, 2.05) is 20.8 Å². The summed E-state index contributed by atoms with van der Waals surface area (Å²) in [6.07, 6.45) is -4.58. The van der Waals surface area contributed by atoms with Crippen LogP contribution in [-0.4, -0.2) is 85.2 Å². The number of carbonyl (C=O) groups is 2. The van der Waals surface area contributed by atoms with E-state index in [9.17, 15) is 31.2 Å². The minimum atomic E-state index is -4.87. The number of benzene rings is 2. The van der Waals surface area contributed by atoms with E-state index in [1.165, 1.54) is 16.4 Å². The molecule has 46 heavy (non-hydrogen) atoms. The van der Waals surface area contributed by atoms with Gasteiger partial charge in [-0.05, 0) is 75.9 Å². The zero-order valence-corrected chi connectivity index (χ0v) is 26.8. The van der Waals surface area contributed by atoms with Crippen LogP contribution in [-0.2, 0) is 25.3 Å². The molecule has 250 valence electrons. The van der Waals surface area contributed by atoms with Crippen molar-refractivity contribution < 1.29 is 45.4 Å². The number of sulfonamides is 1.